The monoisotopic (exact) mass is 292 g/mol. The number of alkyl halides is 1. The van der Waals surface area contributed by atoms with Crippen molar-refractivity contribution >= 4 is 21.6 Å². The minimum atomic E-state index is 0.802. The molecule has 2 rings (SSSR count). The summed E-state index contributed by atoms with van der Waals surface area (Å²) in [6.07, 6.45) is 2.45. The lowest BCUT2D eigenvalue weighted by atomic mass is 9.98. The van der Waals surface area contributed by atoms with Gasteiger partial charge in [0.25, 0.3) is 0 Å². The third kappa shape index (κ3) is 2.81. The molecule has 1 aromatic carbocycles. The van der Waals surface area contributed by atoms with E-state index >= 15 is 0 Å². The van der Waals surface area contributed by atoms with Crippen molar-refractivity contribution in [2.75, 3.05) is 18.0 Å². The third-order valence-corrected chi connectivity index (χ3v) is 4.11. The lowest BCUT2D eigenvalue weighted by Crippen LogP contribution is -2.33. The zero-order valence-electron chi connectivity index (χ0n) is 10.1. The van der Waals surface area contributed by atoms with Crippen LogP contribution in [-0.4, -0.2) is 13.1 Å². The van der Waals surface area contributed by atoms with Crippen LogP contribution >= 0.6 is 15.9 Å². The van der Waals surface area contributed by atoms with Gasteiger partial charge in [-0.25, -0.2) is 0 Å². The molecule has 1 aliphatic rings. The summed E-state index contributed by atoms with van der Waals surface area (Å²) in [5, 5.41) is 10.0. The maximum atomic E-state index is 9.23. The van der Waals surface area contributed by atoms with Gasteiger partial charge in [-0.2, -0.15) is 5.26 Å². The first-order valence-corrected chi connectivity index (χ1v) is 7.20. The van der Waals surface area contributed by atoms with Crippen molar-refractivity contribution in [3.63, 3.8) is 0 Å². The van der Waals surface area contributed by atoms with E-state index in [0.29, 0.717) is 0 Å². The van der Waals surface area contributed by atoms with Crippen LogP contribution in [0.25, 0.3) is 0 Å². The van der Waals surface area contributed by atoms with Crippen LogP contribution < -0.4 is 4.90 Å². The van der Waals surface area contributed by atoms with Crippen LogP contribution in [0.5, 0.6) is 0 Å². The standard InChI is InChI=1S/C14H17BrN2/c1-11-4-6-17(7-5-11)14-3-2-12(9-15)8-13(14)10-16/h2-3,8,11H,4-7,9H2,1H3. The van der Waals surface area contributed by atoms with Gasteiger partial charge in [-0.1, -0.05) is 28.9 Å². The molecule has 0 bridgehead atoms. The molecule has 1 aliphatic heterocycles. The molecule has 0 amide bonds. The number of halogens is 1. The van der Waals surface area contributed by atoms with E-state index in [4.69, 9.17) is 0 Å². The van der Waals surface area contributed by atoms with Crippen molar-refractivity contribution in [3.8, 4) is 6.07 Å². The fourth-order valence-electron chi connectivity index (χ4n) is 2.28. The van der Waals surface area contributed by atoms with Crippen molar-refractivity contribution in [2.24, 2.45) is 5.92 Å². The number of nitrogens with zero attached hydrogens (tertiary/aromatic N) is 2. The Bertz CT molecular complexity index is 428. The Balaban J connectivity index is 2.23. The molecule has 0 aliphatic carbocycles. The Morgan fingerprint density at radius 2 is 2.12 bits per heavy atom. The van der Waals surface area contributed by atoms with Crippen LogP contribution in [0.1, 0.15) is 30.9 Å². The van der Waals surface area contributed by atoms with Gasteiger partial charge < -0.3 is 4.90 Å². The minimum Gasteiger partial charge on any atom is -0.370 e. The summed E-state index contributed by atoms with van der Waals surface area (Å²) < 4.78 is 0. The van der Waals surface area contributed by atoms with Crippen LogP contribution in [-0.2, 0) is 5.33 Å². The second-order valence-corrected chi connectivity index (χ2v) is 5.33. The molecule has 17 heavy (non-hydrogen) atoms. The van der Waals surface area contributed by atoms with E-state index in [9.17, 15) is 5.26 Å². The van der Waals surface area contributed by atoms with E-state index in [1.165, 1.54) is 12.8 Å². The number of hydrogen-bond donors (Lipinski definition) is 0. The van der Waals surface area contributed by atoms with Crippen molar-refractivity contribution in [1.29, 1.82) is 5.26 Å². The van der Waals surface area contributed by atoms with Gasteiger partial charge in [0.05, 0.1) is 11.3 Å². The normalized spacial score (nSPS) is 16.9. The van der Waals surface area contributed by atoms with E-state index in [1.54, 1.807) is 0 Å². The average Bonchev–Trinajstić information content (AvgIpc) is 2.39. The Morgan fingerprint density at radius 3 is 2.71 bits per heavy atom. The van der Waals surface area contributed by atoms with Gasteiger partial charge in [0.15, 0.2) is 0 Å². The van der Waals surface area contributed by atoms with Gasteiger partial charge in [-0.05, 0) is 36.5 Å². The summed E-state index contributed by atoms with van der Waals surface area (Å²) in [4.78, 5) is 2.34. The first-order chi connectivity index (χ1) is 8.24. The van der Waals surface area contributed by atoms with E-state index < -0.39 is 0 Å². The van der Waals surface area contributed by atoms with Crippen LogP contribution in [0, 0.1) is 17.2 Å². The Morgan fingerprint density at radius 1 is 1.41 bits per heavy atom. The van der Waals surface area contributed by atoms with Crippen molar-refractivity contribution in [3.05, 3.63) is 29.3 Å². The number of hydrogen-bond acceptors (Lipinski definition) is 2. The maximum Gasteiger partial charge on any atom is 0.101 e. The highest BCUT2D eigenvalue weighted by molar-refractivity contribution is 9.08. The lowest BCUT2D eigenvalue weighted by Gasteiger charge is -2.32. The quantitative estimate of drug-likeness (QED) is 0.778. The molecule has 2 nitrogen and oxygen atoms in total. The maximum absolute atomic E-state index is 9.23. The Kier molecular flexibility index (Phi) is 4.06. The van der Waals surface area contributed by atoms with Gasteiger partial charge >= 0.3 is 0 Å². The Labute approximate surface area is 111 Å². The predicted octanol–water partition coefficient (Wildman–Crippen LogP) is 3.69. The molecule has 0 N–H and O–H groups in total. The van der Waals surface area contributed by atoms with Crippen LogP contribution in [0.2, 0.25) is 0 Å². The van der Waals surface area contributed by atoms with Gasteiger partial charge in [0.2, 0.25) is 0 Å². The molecule has 1 saturated heterocycles. The van der Waals surface area contributed by atoms with Crippen LogP contribution in [0.15, 0.2) is 18.2 Å². The second-order valence-electron chi connectivity index (χ2n) is 4.77. The van der Waals surface area contributed by atoms with Crippen molar-refractivity contribution < 1.29 is 0 Å². The first-order valence-electron chi connectivity index (χ1n) is 6.08. The third-order valence-electron chi connectivity index (χ3n) is 3.46. The number of nitriles is 1. The van der Waals surface area contributed by atoms with Gasteiger partial charge in [-0.15, -0.1) is 0 Å². The topological polar surface area (TPSA) is 27.0 Å². The first kappa shape index (κ1) is 12.4. The van der Waals surface area contributed by atoms with E-state index in [0.717, 1.165) is 41.2 Å². The molecular weight excluding hydrogens is 276 g/mol. The number of piperidine rings is 1. The summed E-state index contributed by atoms with van der Waals surface area (Å²) >= 11 is 3.43. The molecule has 0 aromatic heterocycles. The highest BCUT2D eigenvalue weighted by Crippen LogP contribution is 2.27. The van der Waals surface area contributed by atoms with Gasteiger partial charge in [0.1, 0.15) is 6.07 Å². The molecule has 0 spiro atoms. The summed E-state index contributed by atoms with van der Waals surface area (Å²) in [7, 11) is 0. The van der Waals surface area contributed by atoms with E-state index in [1.807, 2.05) is 6.07 Å². The largest absolute Gasteiger partial charge is 0.370 e. The number of rotatable bonds is 2. The molecule has 1 heterocycles. The number of benzene rings is 1. The highest BCUT2D eigenvalue weighted by atomic mass is 79.9. The molecule has 1 fully saturated rings. The minimum absolute atomic E-state index is 0.802. The fraction of sp³-hybridized carbons (Fsp3) is 0.500. The summed E-state index contributed by atoms with van der Waals surface area (Å²) in [6, 6.07) is 8.49. The summed E-state index contributed by atoms with van der Waals surface area (Å²) in [5.74, 6) is 0.818. The summed E-state index contributed by atoms with van der Waals surface area (Å²) in [5.41, 5.74) is 3.07. The molecule has 0 atom stereocenters. The van der Waals surface area contributed by atoms with Crippen molar-refractivity contribution in [2.45, 2.75) is 25.1 Å². The van der Waals surface area contributed by atoms with Gasteiger partial charge in [-0.3, -0.25) is 0 Å². The average molecular weight is 293 g/mol. The zero-order chi connectivity index (χ0) is 12.3. The number of anilines is 1. The zero-order valence-corrected chi connectivity index (χ0v) is 11.7. The van der Waals surface area contributed by atoms with Gasteiger partial charge in [0, 0.05) is 18.4 Å². The van der Waals surface area contributed by atoms with Crippen LogP contribution in [0.4, 0.5) is 5.69 Å². The smallest absolute Gasteiger partial charge is 0.101 e. The predicted molar refractivity (Wildman–Crippen MR) is 74.4 cm³/mol. The molecular formula is C14H17BrN2. The second kappa shape index (κ2) is 5.55. The highest BCUT2D eigenvalue weighted by Gasteiger charge is 2.18. The van der Waals surface area contributed by atoms with Crippen molar-refractivity contribution in [1.82, 2.24) is 0 Å². The Hall–Kier alpha value is -1.01. The molecule has 0 radical (unpaired) electrons. The lowest BCUT2D eigenvalue weighted by molar-refractivity contribution is 0.438. The van der Waals surface area contributed by atoms with E-state index in [2.05, 4.69) is 46.0 Å². The molecule has 0 saturated carbocycles. The fourth-order valence-corrected chi connectivity index (χ4v) is 2.63. The molecule has 0 unspecified atom stereocenters. The SMILES string of the molecule is CC1CCN(c2ccc(CBr)cc2C#N)CC1. The molecule has 3 heteroatoms. The van der Waals surface area contributed by atoms with Crippen LogP contribution in [0.3, 0.4) is 0 Å². The molecule has 1 aromatic rings. The molecule has 90 valence electrons. The van der Waals surface area contributed by atoms with E-state index in [-0.39, 0.29) is 0 Å². The summed E-state index contributed by atoms with van der Waals surface area (Å²) in [6.45, 7) is 4.45.